The van der Waals surface area contributed by atoms with Crippen molar-refractivity contribution in [3.05, 3.63) is 29.3 Å². The molecule has 1 saturated heterocycles. The minimum absolute atomic E-state index is 0.0872. The van der Waals surface area contributed by atoms with Gasteiger partial charge >= 0.3 is 0 Å². The van der Waals surface area contributed by atoms with Gasteiger partial charge in [0.25, 0.3) is 5.91 Å². The highest BCUT2D eigenvalue weighted by atomic mass is 35.5. The average molecular weight is 325 g/mol. The van der Waals surface area contributed by atoms with Crippen molar-refractivity contribution >= 4 is 23.4 Å². The Kier molecular flexibility index (Phi) is 5.66. The summed E-state index contributed by atoms with van der Waals surface area (Å²) in [6, 6.07) is 7.01. The number of likely N-dealkylation sites (tertiary alicyclic amines) is 1. The zero-order valence-corrected chi connectivity index (χ0v) is 13.6. The van der Waals surface area contributed by atoms with Crippen molar-refractivity contribution in [3.8, 4) is 5.75 Å². The van der Waals surface area contributed by atoms with Gasteiger partial charge in [0.05, 0.1) is 0 Å². The Bertz CT molecular complexity index is 525. The monoisotopic (exact) mass is 324 g/mol. The van der Waals surface area contributed by atoms with Gasteiger partial charge in [0, 0.05) is 31.1 Å². The third-order valence-electron chi connectivity index (χ3n) is 3.78. The second-order valence-electron chi connectivity index (χ2n) is 5.50. The minimum atomic E-state index is -0.577. The molecule has 2 rings (SSSR count). The standard InChI is InChI=1S/C16H21ClN2O3/c1-11(22-15-5-3-13(17)4-6-15)16(21)18-14-7-9-19(10-8-14)12(2)20/h3-6,11,14H,7-10H2,1-2H3,(H,18,21). The molecule has 1 aliphatic rings. The zero-order chi connectivity index (χ0) is 16.1. The van der Waals surface area contributed by atoms with E-state index in [0.717, 1.165) is 12.8 Å². The van der Waals surface area contributed by atoms with Gasteiger partial charge in [-0.3, -0.25) is 9.59 Å². The van der Waals surface area contributed by atoms with Crippen molar-refractivity contribution in [2.45, 2.75) is 38.8 Å². The van der Waals surface area contributed by atoms with Crippen molar-refractivity contribution in [1.82, 2.24) is 10.2 Å². The molecule has 1 fully saturated rings. The molecular weight excluding hydrogens is 304 g/mol. The molecular formula is C16H21ClN2O3. The van der Waals surface area contributed by atoms with Crippen LogP contribution in [0.15, 0.2) is 24.3 Å². The Hall–Kier alpha value is -1.75. The highest BCUT2D eigenvalue weighted by Crippen LogP contribution is 2.17. The van der Waals surface area contributed by atoms with Gasteiger partial charge < -0.3 is 15.0 Å². The Morgan fingerprint density at radius 3 is 2.41 bits per heavy atom. The molecule has 2 amide bonds. The molecule has 0 aromatic heterocycles. The summed E-state index contributed by atoms with van der Waals surface area (Å²) < 4.78 is 5.60. The molecule has 1 atom stereocenters. The Balaban J connectivity index is 1.79. The molecule has 5 nitrogen and oxygen atoms in total. The molecule has 1 aliphatic heterocycles. The van der Waals surface area contributed by atoms with Crippen LogP contribution in [0.25, 0.3) is 0 Å². The number of hydrogen-bond acceptors (Lipinski definition) is 3. The third kappa shape index (κ3) is 4.63. The number of hydrogen-bond donors (Lipinski definition) is 1. The van der Waals surface area contributed by atoms with E-state index in [4.69, 9.17) is 16.3 Å². The smallest absolute Gasteiger partial charge is 0.260 e. The van der Waals surface area contributed by atoms with E-state index in [-0.39, 0.29) is 17.9 Å². The summed E-state index contributed by atoms with van der Waals surface area (Å²) in [5.41, 5.74) is 0. The second-order valence-corrected chi connectivity index (χ2v) is 5.94. The lowest BCUT2D eigenvalue weighted by atomic mass is 10.0. The fourth-order valence-corrected chi connectivity index (χ4v) is 2.55. The molecule has 1 heterocycles. The summed E-state index contributed by atoms with van der Waals surface area (Å²) in [7, 11) is 0. The Morgan fingerprint density at radius 2 is 1.86 bits per heavy atom. The Morgan fingerprint density at radius 1 is 1.27 bits per heavy atom. The molecule has 1 aromatic rings. The predicted octanol–water partition coefficient (Wildman–Crippen LogP) is 2.23. The fraction of sp³-hybridized carbons (Fsp3) is 0.500. The first-order valence-electron chi connectivity index (χ1n) is 7.44. The van der Waals surface area contributed by atoms with E-state index in [1.165, 1.54) is 0 Å². The summed E-state index contributed by atoms with van der Waals surface area (Å²) in [6.07, 6.45) is 0.977. The molecule has 0 bridgehead atoms. The van der Waals surface area contributed by atoms with Crippen molar-refractivity contribution in [3.63, 3.8) is 0 Å². The maximum atomic E-state index is 12.2. The van der Waals surface area contributed by atoms with E-state index in [1.807, 2.05) is 0 Å². The summed E-state index contributed by atoms with van der Waals surface area (Å²) >= 11 is 5.81. The molecule has 22 heavy (non-hydrogen) atoms. The van der Waals surface area contributed by atoms with Crippen LogP contribution >= 0.6 is 11.6 Å². The SMILES string of the molecule is CC(=O)N1CCC(NC(=O)C(C)Oc2ccc(Cl)cc2)CC1. The van der Waals surface area contributed by atoms with Crippen molar-refractivity contribution in [1.29, 1.82) is 0 Å². The molecule has 6 heteroatoms. The van der Waals surface area contributed by atoms with Crippen LogP contribution in [0.5, 0.6) is 5.75 Å². The van der Waals surface area contributed by atoms with Crippen LogP contribution in [0.2, 0.25) is 5.02 Å². The maximum absolute atomic E-state index is 12.2. The number of nitrogens with zero attached hydrogens (tertiary/aromatic N) is 1. The van der Waals surface area contributed by atoms with E-state index in [0.29, 0.717) is 23.9 Å². The first kappa shape index (κ1) is 16.6. The Labute approximate surface area is 135 Å². The normalized spacial score (nSPS) is 17.0. The summed E-state index contributed by atoms with van der Waals surface area (Å²) in [5, 5.41) is 3.61. The number of amides is 2. The van der Waals surface area contributed by atoms with Crippen LogP contribution in [0, 0.1) is 0 Å². The molecule has 0 radical (unpaired) electrons. The number of halogens is 1. The molecule has 120 valence electrons. The predicted molar refractivity (Wildman–Crippen MR) is 85.0 cm³/mol. The molecule has 0 saturated carbocycles. The van der Waals surface area contributed by atoms with Gasteiger partial charge in [0.15, 0.2) is 6.10 Å². The minimum Gasteiger partial charge on any atom is -0.481 e. The summed E-state index contributed by atoms with van der Waals surface area (Å²) in [5.74, 6) is 0.555. The number of piperidine rings is 1. The molecule has 0 aliphatic carbocycles. The van der Waals surface area contributed by atoms with E-state index < -0.39 is 6.10 Å². The van der Waals surface area contributed by atoms with Crippen LogP contribution < -0.4 is 10.1 Å². The average Bonchev–Trinajstić information content (AvgIpc) is 2.50. The third-order valence-corrected chi connectivity index (χ3v) is 4.03. The van der Waals surface area contributed by atoms with Crippen LogP contribution in [-0.4, -0.2) is 41.9 Å². The quantitative estimate of drug-likeness (QED) is 0.924. The first-order chi connectivity index (χ1) is 10.5. The highest BCUT2D eigenvalue weighted by Gasteiger charge is 2.24. The van der Waals surface area contributed by atoms with Gasteiger partial charge in [-0.05, 0) is 44.0 Å². The lowest BCUT2D eigenvalue weighted by Gasteiger charge is -2.32. The highest BCUT2D eigenvalue weighted by molar-refractivity contribution is 6.30. The number of rotatable bonds is 4. The number of benzene rings is 1. The van der Waals surface area contributed by atoms with E-state index >= 15 is 0 Å². The van der Waals surface area contributed by atoms with Gasteiger partial charge in [-0.2, -0.15) is 0 Å². The molecule has 1 unspecified atom stereocenters. The largest absolute Gasteiger partial charge is 0.481 e. The van der Waals surface area contributed by atoms with Gasteiger partial charge in [0.2, 0.25) is 5.91 Å². The lowest BCUT2D eigenvalue weighted by molar-refractivity contribution is -0.130. The first-order valence-corrected chi connectivity index (χ1v) is 7.81. The van der Waals surface area contributed by atoms with E-state index in [1.54, 1.807) is 43.0 Å². The number of nitrogens with one attached hydrogen (secondary N) is 1. The van der Waals surface area contributed by atoms with Crippen molar-refractivity contribution < 1.29 is 14.3 Å². The van der Waals surface area contributed by atoms with Crippen LogP contribution in [0.1, 0.15) is 26.7 Å². The number of ether oxygens (including phenoxy) is 1. The van der Waals surface area contributed by atoms with Gasteiger partial charge in [-0.1, -0.05) is 11.6 Å². The molecule has 0 spiro atoms. The van der Waals surface area contributed by atoms with E-state index in [2.05, 4.69) is 5.32 Å². The topological polar surface area (TPSA) is 58.6 Å². The van der Waals surface area contributed by atoms with Crippen molar-refractivity contribution in [2.75, 3.05) is 13.1 Å². The zero-order valence-electron chi connectivity index (χ0n) is 12.8. The fourth-order valence-electron chi connectivity index (χ4n) is 2.43. The molecule has 1 aromatic carbocycles. The van der Waals surface area contributed by atoms with Gasteiger partial charge in [-0.15, -0.1) is 0 Å². The van der Waals surface area contributed by atoms with Crippen LogP contribution in [0.3, 0.4) is 0 Å². The summed E-state index contributed by atoms with van der Waals surface area (Å²) in [6.45, 7) is 4.66. The van der Waals surface area contributed by atoms with Crippen LogP contribution in [-0.2, 0) is 9.59 Å². The second kappa shape index (κ2) is 7.49. The van der Waals surface area contributed by atoms with Crippen LogP contribution in [0.4, 0.5) is 0 Å². The van der Waals surface area contributed by atoms with E-state index in [9.17, 15) is 9.59 Å². The number of carbonyl (C=O) groups excluding carboxylic acids is 2. The van der Waals surface area contributed by atoms with Gasteiger partial charge in [0.1, 0.15) is 5.75 Å². The lowest BCUT2D eigenvalue weighted by Crippen LogP contribution is -2.48. The maximum Gasteiger partial charge on any atom is 0.260 e. The van der Waals surface area contributed by atoms with Gasteiger partial charge in [-0.25, -0.2) is 0 Å². The molecule has 1 N–H and O–H groups in total. The number of carbonyl (C=O) groups is 2. The summed E-state index contributed by atoms with van der Waals surface area (Å²) in [4.78, 5) is 25.2. The van der Waals surface area contributed by atoms with Crippen molar-refractivity contribution in [2.24, 2.45) is 0 Å².